The predicted octanol–water partition coefficient (Wildman–Crippen LogP) is 2.67. The molecule has 0 unspecified atom stereocenters. The first kappa shape index (κ1) is 26.6. The Balaban J connectivity index is 1.92. The first-order valence-electron chi connectivity index (χ1n) is 11.8. The Hall–Kier alpha value is -3.01. The standard InChI is InChI=1S/C26H36N4O5/c1-18-13-30(14-20-8-10-27-11-9-20)19(2)16-35-23-12-21(28-25(31)17-33-4)6-7-22(23)26(32)29(3)15-24(18)34-5/h6-12,18-19,24H,13-17H2,1-5H3,(H,28,31)/t18-,19+,24+/m0/s1. The van der Waals surface area contributed by atoms with Crippen molar-refractivity contribution in [3.63, 3.8) is 0 Å². The molecule has 0 saturated carbocycles. The SMILES string of the molecule is COCC(=O)Nc1ccc2c(c1)OC[C@@H](C)N(Cc1ccncc1)C[C@H](C)[C@H](OC)CN(C)C2=O. The van der Waals surface area contributed by atoms with Crippen LogP contribution in [-0.2, 0) is 20.8 Å². The zero-order valence-corrected chi connectivity index (χ0v) is 21.2. The molecule has 0 bridgehead atoms. The van der Waals surface area contributed by atoms with E-state index in [1.54, 1.807) is 49.7 Å². The Morgan fingerprint density at radius 2 is 1.91 bits per heavy atom. The summed E-state index contributed by atoms with van der Waals surface area (Å²) in [6.07, 6.45) is 3.46. The Labute approximate surface area is 207 Å². The summed E-state index contributed by atoms with van der Waals surface area (Å²) >= 11 is 0. The summed E-state index contributed by atoms with van der Waals surface area (Å²) in [6.45, 7) is 6.52. The smallest absolute Gasteiger partial charge is 0.257 e. The number of fused-ring (bicyclic) bond motifs is 1. The minimum atomic E-state index is -0.280. The van der Waals surface area contributed by atoms with Gasteiger partial charge in [-0.15, -0.1) is 0 Å². The number of hydrogen-bond acceptors (Lipinski definition) is 7. The quantitative estimate of drug-likeness (QED) is 0.674. The summed E-state index contributed by atoms with van der Waals surface area (Å²) in [7, 11) is 4.92. The van der Waals surface area contributed by atoms with Crippen molar-refractivity contribution in [1.29, 1.82) is 0 Å². The van der Waals surface area contributed by atoms with Gasteiger partial charge in [-0.05, 0) is 42.7 Å². The Morgan fingerprint density at radius 1 is 1.17 bits per heavy atom. The average molecular weight is 485 g/mol. The van der Waals surface area contributed by atoms with Gasteiger partial charge in [-0.3, -0.25) is 19.5 Å². The number of methoxy groups -OCH3 is 2. The third-order valence-corrected chi connectivity index (χ3v) is 6.27. The van der Waals surface area contributed by atoms with E-state index < -0.39 is 0 Å². The van der Waals surface area contributed by atoms with Crippen LogP contribution < -0.4 is 10.1 Å². The Bertz CT molecular complexity index is 987. The molecular formula is C26H36N4O5. The third-order valence-electron chi connectivity index (χ3n) is 6.27. The van der Waals surface area contributed by atoms with Gasteiger partial charge in [-0.25, -0.2) is 0 Å². The van der Waals surface area contributed by atoms with E-state index in [1.165, 1.54) is 7.11 Å². The van der Waals surface area contributed by atoms with Crippen molar-refractivity contribution in [2.45, 2.75) is 32.5 Å². The van der Waals surface area contributed by atoms with E-state index >= 15 is 0 Å². The van der Waals surface area contributed by atoms with Gasteiger partial charge in [-0.2, -0.15) is 0 Å². The zero-order valence-electron chi connectivity index (χ0n) is 21.2. The number of carbonyl (C=O) groups excluding carboxylic acids is 2. The number of nitrogens with one attached hydrogen (secondary N) is 1. The van der Waals surface area contributed by atoms with Gasteiger partial charge < -0.3 is 24.4 Å². The van der Waals surface area contributed by atoms with Gasteiger partial charge in [-0.1, -0.05) is 6.92 Å². The molecule has 9 heteroatoms. The molecule has 1 N–H and O–H groups in total. The second-order valence-electron chi connectivity index (χ2n) is 9.07. The Morgan fingerprint density at radius 3 is 2.60 bits per heavy atom. The predicted molar refractivity (Wildman–Crippen MR) is 133 cm³/mol. The molecule has 0 saturated heterocycles. The number of hydrogen-bond donors (Lipinski definition) is 1. The summed E-state index contributed by atoms with van der Waals surface area (Å²) in [5.74, 6) is 0.163. The molecule has 190 valence electrons. The molecule has 1 aliphatic heterocycles. The van der Waals surface area contributed by atoms with Crippen LogP contribution in [0.2, 0.25) is 0 Å². The molecule has 1 aromatic carbocycles. The van der Waals surface area contributed by atoms with Crippen LogP contribution in [0.4, 0.5) is 5.69 Å². The summed E-state index contributed by atoms with van der Waals surface area (Å²) in [6, 6.07) is 9.15. The second kappa shape index (κ2) is 12.6. The summed E-state index contributed by atoms with van der Waals surface area (Å²) in [5, 5.41) is 2.77. The minimum Gasteiger partial charge on any atom is -0.491 e. The maximum atomic E-state index is 13.3. The number of amides is 2. The molecule has 3 atom stereocenters. The molecule has 3 rings (SSSR count). The molecule has 2 aromatic rings. The topological polar surface area (TPSA) is 93.2 Å². The van der Waals surface area contributed by atoms with Crippen molar-refractivity contribution >= 4 is 17.5 Å². The fraction of sp³-hybridized carbons (Fsp3) is 0.500. The van der Waals surface area contributed by atoms with Crippen LogP contribution in [0.5, 0.6) is 5.75 Å². The van der Waals surface area contributed by atoms with E-state index in [-0.39, 0.29) is 36.5 Å². The number of pyridine rings is 1. The number of aromatic nitrogens is 1. The highest BCUT2D eigenvalue weighted by molar-refractivity contribution is 5.98. The first-order valence-corrected chi connectivity index (χ1v) is 11.8. The van der Waals surface area contributed by atoms with E-state index in [1.807, 2.05) is 12.1 Å². The van der Waals surface area contributed by atoms with Gasteiger partial charge in [0, 0.05) is 71.1 Å². The minimum absolute atomic E-state index is 0.0509. The lowest BCUT2D eigenvalue weighted by Crippen LogP contribution is -2.46. The van der Waals surface area contributed by atoms with Gasteiger partial charge >= 0.3 is 0 Å². The van der Waals surface area contributed by atoms with Crippen molar-refractivity contribution in [2.75, 3.05) is 52.9 Å². The highest BCUT2D eigenvalue weighted by Gasteiger charge is 2.28. The van der Waals surface area contributed by atoms with Crippen molar-refractivity contribution in [1.82, 2.24) is 14.8 Å². The summed E-state index contributed by atoms with van der Waals surface area (Å²) < 4.78 is 16.9. The fourth-order valence-electron chi connectivity index (χ4n) is 4.20. The normalized spacial score (nSPS) is 21.9. The number of anilines is 1. The lowest BCUT2D eigenvalue weighted by atomic mass is 10.0. The molecule has 0 fully saturated rings. The summed E-state index contributed by atoms with van der Waals surface area (Å²) in [5.41, 5.74) is 2.14. The van der Waals surface area contributed by atoms with Crippen LogP contribution in [0.3, 0.4) is 0 Å². The third kappa shape index (κ3) is 7.24. The van der Waals surface area contributed by atoms with Crippen LogP contribution in [0.1, 0.15) is 29.8 Å². The van der Waals surface area contributed by atoms with Gasteiger partial charge in [0.2, 0.25) is 5.91 Å². The largest absolute Gasteiger partial charge is 0.491 e. The fourth-order valence-corrected chi connectivity index (χ4v) is 4.20. The lowest BCUT2D eigenvalue weighted by molar-refractivity contribution is -0.119. The van der Waals surface area contributed by atoms with E-state index in [0.29, 0.717) is 30.2 Å². The van der Waals surface area contributed by atoms with Crippen molar-refractivity contribution < 1.29 is 23.8 Å². The number of rotatable bonds is 6. The van der Waals surface area contributed by atoms with Gasteiger partial charge in [0.1, 0.15) is 19.0 Å². The van der Waals surface area contributed by atoms with Crippen LogP contribution in [0.15, 0.2) is 42.7 Å². The van der Waals surface area contributed by atoms with Gasteiger partial charge in [0.05, 0.1) is 11.7 Å². The van der Waals surface area contributed by atoms with Crippen LogP contribution >= 0.6 is 0 Å². The van der Waals surface area contributed by atoms with Crippen molar-refractivity contribution in [2.24, 2.45) is 5.92 Å². The van der Waals surface area contributed by atoms with E-state index in [2.05, 4.69) is 29.0 Å². The molecule has 1 aromatic heterocycles. The molecule has 9 nitrogen and oxygen atoms in total. The van der Waals surface area contributed by atoms with Crippen molar-refractivity contribution in [3.05, 3.63) is 53.9 Å². The monoisotopic (exact) mass is 484 g/mol. The number of benzene rings is 1. The van der Waals surface area contributed by atoms with E-state index in [4.69, 9.17) is 14.2 Å². The average Bonchev–Trinajstić information content (AvgIpc) is 2.85. The molecular weight excluding hydrogens is 448 g/mol. The van der Waals surface area contributed by atoms with Crippen LogP contribution in [-0.4, -0.2) is 86.3 Å². The molecule has 0 radical (unpaired) electrons. The molecule has 2 heterocycles. The summed E-state index contributed by atoms with van der Waals surface area (Å²) in [4.78, 5) is 33.5. The molecule has 1 aliphatic rings. The van der Waals surface area contributed by atoms with Gasteiger partial charge in [0.25, 0.3) is 5.91 Å². The first-order chi connectivity index (χ1) is 16.8. The lowest BCUT2D eigenvalue weighted by Gasteiger charge is -2.36. The number of likely N-dealkylation sites (N-methyl/N-ethyl adjacent to an activating group) is 1. The van der Waals surface area contributed by atoms with E-state index in [9.17, 15) is 9.59 Å². The zero-order chi connectivity index (χ0) is 25.4. The molecule has 0 aliphatic carbocycles. The van der Waals surface area contributed by atoms with Crippen LogP contribution in [0, 0.1) is 5.92 Å². The molecule has 35 heavy (non-hydrogen) atoms. The number of nitrogens with zero attached hydrogens (tertiary/aromatic N) is 3. The highest BCUT2D eigenvalue weighted by atomic mass is 16.5. The number of carbonyl (C=O) groups is 2. The maximum absolute atomic E-state index is 13.3. The van der Waals surface area contributed by atoms with Gasteiger partial charge in [0.15, 0.2) is 0 Å². The molecule has 2 amide bonds. The van der Waals surface area contributed by atoms with E-state index in [0.717, 1.165) is 18.7 Å². The van der Waals surface area contributed by atoms with Crippen LogP contribution in [0.25, 0.3) is 0 Å². The highest BCUT2D eigenvalue weighted by Crippen LogP contribution is 2.27. The Kier molecular flexibility index (Phi) is 9.59. The second-order valence-corrected chi connectivity index (χ2v) is 9.07. The number of ether oxygens (including phenoxy) is 3. The molecule has 0 spiro atoms. The maximum Gasteiger partial charge on any atom is 0.257 e. The van der Waals surface area contributed by atoms with Crippen molar-refractivity contribution in [3.8, 4) is 5.75 Å².